The van der Waals surface area contributed by atoms with Crippen LogP contribution in [0.5, 0.6) is 0 Å². The van der Waals surface area contributed by atoms with Gasteiger partial charge < -0.3 is 15.5 Å². The second-order valence-corrected chi connectivity index (χ2v) is 10.7. The Morgan fingerprint density at radius 1 is 1.17 bits per heavy atom. The van der Waals surface area contributed by atoms with Crippen LogP contribution >= 0.6 is 24.0 Å². The van der Waals surface area contributed by atoms with Crippen molar-refractivity contribution in [2.75, 3.05) is 31.9 Å². The first-order chi connectivity index (χ1) is 13.7. The Kier molecular flexibility index (Phi) is 10.6. The normalized spacial score (nSPS) is 17.7. The lowest BCUT2D eigenvalue weighted by Gasteiger charge is -2.39. The van der Waals surface area contributed by atoms with E-state index in [1.165, 1.54) is 0 Å². The van der Waals surface area contributed by atoms with Crippen LogP contribution in [0.1, 0.15) is 56.5 Å². The summed E-state index contributed by atoms with van der Waals surface area (Å²) in [6.45, 7) is 10.3. The van der Waals surface area contributed by atoms with E-state index in [-0.39, 0.29) is 35.6 Å². The number of guanidine groups is 1. The van der Waals surface area contributed by atoms with Gasteiger partial charge in [-0.25, -0.2) is 13.4 Å². The summed E-state index contributed by atoms with van der Waals surface area (Å²) in [4.78, 5) is 18.8. The van der Waals surface area contributed by atoms with Crippen molar-refractivity contribution < 1.29 is 13.2 Å². The number of amides is 1. The Balaban J connectivity index is 0.00000450. The molecule has 1 aliphatic rings. The Labute approximate surface area is 198 Å². The number of hydrogen-bond donors (Lipinski definition) is 2. The molecule has 1 fully saturated rings. The van der Waals surface area contributed by atoms with E-state index >= 15 is 0 Å². The number of sulfone groups is 1. The van der Waals surface area contributed by atoms with Crippen molar-refractivity contribution in [3.63, 3.8) is 0 Å². The van der Waals surface area contributed by atoms with Crippen molar-refractivity contribution in [2.24, 2.45) is 4.99 Å². The molecule has 1 amide bonds. The van der Waals surface area contributed by atoms with Crippen molar-refractivity contribution in [1.29, 1.82) is 0 Å². The molecule has 0 spiro atoms. The number of rotatable bonds is 7. The van der Waals surface area contributed by atoms with E-state index in [2.05, 4.69) is 17.6 Å². The third kappa shape index (κ3) is 7.11. The van der Waals surface area contributed by atoms with Gasteiger partial charge in [0, 0.05) is 31.7 Å². The molecule has 0 saturated carbocycles. The van der Waals surface area contributed by atoms with E-state index in [1.54, 1.807) is 13.8 Å². The average molecular weight is 551 g/mol. The third-order valence-electron chi connectivity index (χ3n) is 5.12. The molecule has 170 valence electrons. The van der Waals surface area contributed by atoms with Crippen molar-refractivity contribution in [3.8, 4) is 0 Å². The second kappa shape index (κ2) is 11.9. The molecule has 7 nitrogen and oxygen atoms in total. The van der Waals surface area contributed by atoms with E-state index in [9.17, 15) is 13.2 Å². The maximum absolute atomic E-state index is 12.3. The molecule has 0 aromatic heterocycles. The van der Waals surface area contributed by atoms with Crippen molar-refractivity contribution in [1.82, 2.24) is 15.5 Å². The van der Waals surface area contributed by atoms with Crippen LogP contribution in [0.15, 0.2) is 29.3 Å². The number of carbonyl (C=O) groups is 1. The Bertz CT molecular complexity index is 823. The van der Waals surface area contributed by atoms with Gasteiger partial charge in [0.25, 0.3) is 5.91 Å². The predicted octanol–water partition coefficient (Wildman–Crippen LogP) is 2.81. The second-order valence-electron chi connectivity index (χ2n) is 7.98. The molecule has 30 heavy (non-hydrogen) atoms. The minimum Gasteiger partial charge on any atom is -0.357 e. The lowest BCUT2D eigenvalue weighted by atomic mass is 10.1. The van der Waals surface area contributed by atoms with Crippen LogP contribution in [0.4, 0.5) is 0 Å². The number of aliphatic imine (C=N–C) groups is 1. The van der Waals surface area contributed by atoms with Gasteiger partial charge >= 0.3 is 0 Å². The fraction of sp³-hybridized carbons (Fsp3) is 0.619. The highest BCUT2D eigenvalue weighted by Crippen LogP contribution is 2.23. The molecule has 0 aliphatic carbocycles. The third-order valence-corrected chi connectivity index (χ3v) is 7.65. The summed E-state index contributed by atoms with van der Waals surface area (Å²) in [6, 6.07) is 7.45. The van der Waals surface area contributed by atoms with Crippen LogP contribution in [0.3, 0.4) is 0 Å². The zero-order chi connectivity index (χ0) is 21.5. The number of hydrogen-bond acceptors (Lipinski definition) is 4. The average Bonchev–Trinajstić information content (AvgIpc) is 2.68. The lowest BCUT2D eigenvalue weighted by molar-refractivity contribution is 0.0953. The highest BCUT2D eigenvalue weighted by atomic mass is 127. The van der Waals surface area contributed by atoms with E-state index in [4.69, 9.17) is 4.99 Å². The first-order valence-corrected chi connectivity index (χ1v) is 12.0. The summed E-state index contributed by atoms with van der Waals surface area (Å²) in [6.07, 6.45) is 2.02. The van der Waals surface area contributed by atoms with Crippen LogP contribution in [-0.4, -0.2) is 61.9 Å². The first kappa shape index (κ1) is 26.7. The minimum absolute atomic E-state index is 0. The number of benzene rings is 1. The number of carbonyl (C=O) groups excluding carboxylic acids is 1. The molecule has 1 aromatic carbocycles. The maximum Gasteiger partial charge on any atom is 0.251 e. The molecule has 0 atom stereocenters. The molecule has 0 bridgehead atoms. The van der Waals surface area contributed by atoms with Gasteiger partial charge in [0.05, 0.1) is 17.0 Å². The molecular formula is C21H35IN4O3S. The Hall–Kier alpha value is -1.36. The summed E-state index contributed by atoms with van der Waals surface area (Å²) < 4.78 is 23.7. The van der Waals surface area contributed by atoms with Gasteiger partial charge in [0.15, 0.2) is 15.8 Å². The van der Waals surface area contributed by atoms with Gasteiger partial charge in [0.2, 0.25) is 0 Å². The molecule has 1 heterocycles. The number of nitrogens with one attached hydrogen (secondary N) is 2. The fourth-order valence-corrected chi connectivity index (χ4v) is 4.52. The van der Waals surface area contributed by atoms with E-state index in [1.807, 2.05) is 36.1 Å². The van der Waals surface area contributed by atoms with Gasteiger partial charge in [-0.3, -0.25) is 4.79 Å². The van der Waals surface area contributed by atoms with Gasteiger partial charge in [-0.1, -0.05) is 25.5 Å². The van der Waals surface area contributed by atoms with Gasteiger partial charge in [0.1, 0.15) is 0 Å². The van der Waals surface area contributed by atoms with Crippen molar-refractivity contribution in [2.45, 2.75) is 51.8 Å². The van der Waals surface area contributed by atoms with Crippen molar-refractivity contribution >= 4 is 45.7 Å². The topological polar surface area (TPSA) is 90.9 Å². The number of unbranched alkanes of at least 4 members (excludes halogenated alkanes) is 1. The lowest BCUT2D eigenvalue weighted by Crippen LogP contribution is -2.57. The predicted molar refractivity (Wildman–Crippen MR) is 133 cm³/mol. The molecule has 1 aromatic rings. The first-order valence-electron chi connectivity index (χ1n) is 10.3. The summed E-state index contributed by atoms with van der Waals surface area (Å²) in [5.74, 6) is 0.794. The van der Waals surface area contributed by atoms with Crippen molar-refractivity contribution in [3.05, 3.63) is 35.4 Å². The zero-order valence-corrected chi connectivity index (χ0v) is 21.5. The van der Waals surface area contributed by atoms with Gasteiger partial charge in [-0.05, 0) is 44.9 Å². The van der Waals surface area contributed by atoms with Gasteiger partial charge in [-0.15, -0.1) is 24.0 Å². The summed E-state index contributed by atoms with van der Waals surface area (Å²) in [7, 11) is -3.09. The number of nitrogens with zero attached hydrogens (tertiary/aromatic N) is 2. The van der Waals surface area contributed by atoms with Gasteiger partial charge in [-0.2, -0.15) is 0 Å². The van der Waals surface area contributed by atoms with Crippen LogP contribution in [0, 0.1) is 0 Å². The minimum atomic E-state index is -3.09. The SMILES string of the molecule is CCCCNC(=O)c1ccc(CN=C(NCC)N2CCS(=O)(=O)C(C)(C)C2)cc1.I. The van der Waals surface area contributed by atoms with Crippen LogP contribution in [-0.2, 0) is 16.4 Å². The standard InChI is InChI=1S/C21H34N4O3S.HI/c1-5-7-12-23-19(26)18-10-8-17(9-11-18)15-24-20(22-6-2)25-13-14-29(27,28)21(3,4)16-25;/h8-11H,5-7,12-16H2,1-4H3,(H,22,24)(H,23,26);1H. The molecule has 0 radical (unpaired) electrons. The smallest absolute Gasteiger partial charge is 0.251 e. The number of halogens is 1. The van der Waals surface area contributed by atoms with Crippen LogP contribution < -0.4 is 10.6 Å². The summed E-state index contributed by atoms with van der Waals surface area (Å²) >= 11 is 0. The Morgan fingerprint density at radius 2 is 1.83 bits per heavy atom. The molecule has 2 rings (SSSR count). The molecular weight excluding hydrogens is 515 g/mol. The summed E-state index contributed by atoms with van der Waals surface area (Å²) in [5.41, 5.74) is 1.64. The highest BCUT2D eigenvalue weighted by molar-refractivity contribution is 14.0. The molecule has 1 aliphatic heterocycles. The zero-order valence-electron chi connectivity index (χ0n) is 18.4. The van der Waals surface area contributed by atoms with E-state index in [0.29, 0.717) is 38.3 Å². The quantitative estimate of drug-likeness (QED) is 0.236. The fourth-order valence-electron chi connectivity index (χ4n) is 3.16. The highest BCUT2D eigenvalue weighted by Gasteiger charge is 2.40. The largest absolute Gasteiger partial charge is 0.357 e. The van der Waals surface area contributed by atoms with Crippen LogP contribution in [0.2, 0.25) is 0 Å². The molecule has 0 unspecified atom stereocenters. The monoisotopic (exact) mass is 550 g/mol. The maximum atomic E-state index is 12.3. The summed E-state index contributed by atoms with van der Waals surface area (Å²) in [5, 5.41) is 6.17. The van der Waals surface area contributed by atoms with Crippen LogP contribution in [0.25, 0.3) is 0 Å². The molecule has 9 heteroatoms. The van der Waals surface area contributed by atoms with E-state index < -0.39 is 14.6 Å². The molecule has 1 saturated heterocycles. The molecule has 2 N–H and O–H groups in total. The Morgan fingerprint density at radius 3 is 2.40 bits per heavy atom. The van der Waals surface area contributed by atoms with E-state index in [0.717, 1.165) is 24.4 Å².